The molecule has 0 aliphatic heterocycles. The molecule has 0 spiro atoms. The summed E-state index contributed by atoms with van der Waals surface area (Å²) in [6.45, 7) is 5.17. The summed E-state index contributed by atoms with van der Waals surface area (Å²) in [5.74, 6) is 0.638. The molecule has 0 amide bonds. The van der Waals surface area contributed by atoms with Gasteiger partial charge >= 0.3 is 0 Å². The molecule has 0 aliphatic carbocycles. The Bertz CT molecular complexity index is 217. The van der Waals surface area contributed by atoms with Crippen molar-refractivity contribution in [2.75, 3.05) is 6.54 Å². The normalized spacial score (nSPS) is 13.4. The molecule has 1 unspecified atom stereocenters. The van der Waals surface area contributed by atoms with Crippen molar-refractivity contribution >= 4 is 11.3 Å². The van der Waals surface area contributed by atoms with Crippen molar-refractivity contribution in [2.45, 2.75) is 26.2 Å². The molecule has 0 aliphatic rings. The first-order valence-electron chi connectivity index (χ1n) is 4.00. The van der Waals surface area contributed by atoms with Crippen molar-refractivity contribution < 1.29 is 0 Å². The molecule has 0 saturated heterocycles. The Kier molecular flexibility index (Phi) is 3.09. The van der Waals surface area contributed by atoms with E-state index in [2.05, 4.69) is 26.0 Å². The molecule has 0 saturated carbocycles. The maximum atomic E-state index is 5.48. The van der Waals surface area contributed by atoms with Crippen LogP contribution in [0, 0.1) is 6.92 Å². The van der Waals surface area contributed by atoms with E-state index < -0.39 is 0 Å². The molecular weight excluding hydrogens is 154 g/mol. The second-order valence-electron chi connectivity index (χ2n) is 2.93. The Morgan fingerprint density at radius 2 is 2.27 bits per heavy atom. The van der Waals surface area contributed by atoms with Crippen molar-refractivity contribution in [3.63, 3.8) is 0 Å². The lowest BCUT2D eigenvalue weighted by Crippen LogP contribution is -2.03. The van der Waals surface area contributed by atoms with Crippen molar-refractivity contribution in [2.24, 2.45) is 5.73 Å². The lowest BCUT2D eigenvalue weighted by atomic mass is 10.1. The third-order valence-corrected chi connectivity index (χ3v) is 3.08. The van der Waals surface area contributed by atoms with E-state index in [4.69, 9.17) is 5.73 Å². The number of rotatable bonds is 3. The molecule has 0 fully saturated rings. The van der Waals surface area contributed by atoms with Gasteiger partial charge in [0.15, 0.2) is 0 Å². The third-order valence-electron chi connectivity index (χ3n) is 1.85. The highest BCUT2D eigenvalue weighted by Gasteiger charge is 2.05. The quantitative estimate of drug-likeness (QED) is 0.739. The van der Waals surface area contributed by atoms with Crippen LogP contribution in [0.4, 0.5) is 0 Å². The standard InChI is InChI=1S/C9H15NS/c1-7(5-6-10)9-4-3-8(2)11-9/h3-4,7H,5-6,10H2,1-2H3. The zero-order valence-electron chi connectivity index (χ0n) is 7.13. The van der Waals surface area contributed by atoms with Gasteiger partial charge in [0.1, 0.15) is 0 Å². The second kappa shape index (κ2) is 3.88. The van der Waals surface area contributed by atoms with Crippen LogP contribution in [-0.4, -0.2) is 6.54 Å². The highest BCUT2D eigenvalue weighted by Crippen LogP contribution is 2.25. The van der Waals surface area contributed by atoms with E-state index in [1.807, 2.05) is 11.3 Å². The molecule has 2 N–H and O–H groups in total. The predicted molar refractivity (Wildman–Crippen MR) is 51.1 cm³/mol. The molecule has 0 radical (unpaired) electrons. The molecule has 0 aromatic carbocycles. The van der Waals surface area contributed by atoms with Gasteiger partial charge in [0.05, 0.1) is 0 Å². The molecular formula is C9H15NS. The highest BCUT2D eigenvalue weighted by atomic mass is 32.1. The number of aryl methyl sites for hydroxylation is 1. The first-order chi connectivity index (χ1) is 5.24. The largest absolute Gasteiger partial charge is 0.330 e. The van der Waals surface area contributed by atoms with Gasteiger partial charge in [0.25, 0.3) is 0 Å². The molecule has 1 atom stereocenters. The molecule has 1 heterocycles. The molecule has 1 aromatic heterocycles. The van der Waals surface area contributed by atoms with Gasteiger partial charge in [-0.3, -0.25) is 0 Å². The van der Waals surface area contributed by atoms with Crippen LogP contribution in [0.3, 0.4) is 0 Å². The van der Waals surface area contributed by atoms with Gasteiger partial charge in [0, 0.05) is 9.75 Å². The third kappa shape index (κ3) is 2.31. The van der Waals surface area contributed by atoms with Crippen molar-refractivity contribution in [1.29, 1.82) is 0 Å². The van der Waals surface area contributed by atoms with Gasteiger partial charge in [-0.25, -0.2) is 0 Å². The van der Waals surface area contributed by atoms with Crippen LogP contribution in [0.15, 0.2) is 12.1 Å². The molecule has 11 heavy (non-hydrogen) atoms. The topological polar surface area (TPSA) is 26.0 Å². The van der Waals surface area contributed by atoms with E-state index in [1.54, 1.807) is 0 Å². The minimum Gasteiger partial charge on any atom is -0.330 e. The summed E-state index contributed by atoms with van der Waals surface area (Å²) in [7, 11) is 0. The molecule has 1 rings (SSSR count). The fourth-order valence-electron chi connectivity index (χ4n) is 1.11. The summed E-state index contributed by atoms with van der Waals surface area (Å²) >= 11 is 1.88. The minimum absolute atomic E-state index is 0.638. The zero-order valence-corrected chi connectivity index (χ0v) is 7.95. The average molecular weight is 169 g/mol. The lowest BCUT2D eigenvalue weighted by Gasteiger charge is -2.05. The maximum Gasteiger partial charge on any atom is 0.00767 e. The first-order valence-corrected chi connectivity index (χ1v) is 4.82. The summed E-state index contributed by atoms with van der Waals surface area (Å²) in [5, 5.41) is 0. The Morgan fingerprint density at radius 3 is 2.73 bits per heavy atom. The number of hydrogen-bond acceptors (Lipinski definition) is 2. The van der Waals surface area contributed by atoms with Gasteiger partial charge in [-0.15, -0.1) is 11.3 Å². The fourth-order valence-corrected chi connectivity index (χ4v) is 2.07. The van der Waals surface area contributed by atoms with Crippen LogP contribution in [0.2, 0.25) is 0 Å². The van der Waals surface area contributed by atoms with E-state index in [-0.39, 0.29) is 0 Å². The minimum atomic E-state index is 0.638. The Labute approximate surface area is 72.2 Å². The molecule has 1 aromatic rings. The van der Waals surface area contributed by atoms with Crippen LogP contribution in [0.1, 0.15) is 29.0 Å². The number of thiophene rings is 1. The van der Waals surface area contributed by atoms with Crippen LogP contribution < -0.4 is 5.73 Å². The van der Waals surface area contributed by atoms with Gasteiger partial charge in [-0.05, 0) is 37.9 Å². The summed E-state index contributed by atoms with van der Waals surface area (Å²) < 4.78 is 0. The lowest BCUT2D eigenvalue weighted by molar-refractivity contribution is 0.701. The first kappa shape index (κ1) is 8.75. The smallest absolute Gasteiger partial charge is 0.00767 e. The Hall–Kier alpha value is -0.340. The van der Waals surface area contributed by atoms with E-state index in [1.165, 1.54) is 9.75 Å². The SMILES string of the molecule is Cc1ccc(C(C)CCN)s1. The molecule has 0 bridgehead atoms. The zero-order chi connectivity index (χ0) is 8.27. The average Bonchev–Trinajstić information content (AvgIpc) is 2.36. The summed E-state index contributed by atoms with van der Waals surface area (Å²) in [5.41, 5.74) is 5.48. The number of nitrogens with two attached hydrogens (primary N) is 1. The van der Waals surface area contributed by atoms with Crippen LogP contribution in [-0.2, 0) is 0 Å². The summed E-state index contributed by atoms with van der Waals surface area (Å²) in [6.07, 6.45) is 1.10. The summed E-state index contributed by atoms with van der Waals surface area (Å²) in [4.78, 5) is 2.86. The summed E-state index contributed by atoms with van der Waals surface area (Å²) in [6, 6.07) is 4.38. The highest BCUT2D eigenvalue weighted by molar-refractivity contribution is 7.12. The fraction of sp³-hybridized carbons (Fsp3) is 0.556. The van der Waals surface area contributed by atoms with Crippen molar-refractivity contribution in [3.8, 4) is 0 Å². The Balaban J connectivity index is 2.60. The molecule has 62 valence electrons. The maximum absolute atomic E-state index is 5.48. The Morgan fingerprint density at radius 1 is 1.55 bits per heavy atom. The van der Waals surface area contributed by atoms with Gasteiger partial charge in [0.2, 0.25) is 0 Å². The predicted octanol–water partition coefficient (Wildman–Crippen LogP) is 2.51. The molecule has 2 heteroatoms. The van der Waals surface area contributed by atoms with Gasteiger partial charge < -0.3 is 5.73 Å². The number of hydrogen-bond donors (Lipinski definition) is 1. The van der Waals surface area contributed by atoms with Gasteiger partial charge in [-0.2, -0.15) is 0 Å². The van der Waals surface area contributed by atoms with E-state index >= 15 is 0 Å². The monoisotopic (exact) mass is 169 g/mol. The van der Waals surface area contributed by atoms with Crippen LogP contribution in [0.5, 0.6) is 0 Å². The van der Waals surface area contributed by atoms with Crippen LogP contribution in [0.25, 0.3) is 0 Å². The van der Waals surface area contributed by atoms with E-state index in [0.717, 1.165) is 13.0 Å². The van der Waals surface area contributed by atoms with Crippen molar-refractivity contribution in [1.82, 2.24) is 0 Å². The van der Waals surface area contributed by atoms with Crippen LogP contribution >= 0.6 is 11.3 Å². The molecule has 1 nitrogen and oxygen atoms in total. The second-order valence-corrected chi connectivity index (χ2v) is 4.25. The van der Waals surface area contributed by atoms with E-state index in [9.17, 15) is 0 Å². The van der Waals surface area contributed by atoms with E-state index in [0.29, 0.717) is 5.92 Å². The van der Waals surface area contributed by atoms with Gasteiger partial charge in [-0.1, -0.05) is 6.92 Å². The van der Waals surface area contributed by atoms with Crippen molar-refractivity contribution in [3.05, 3.63) is 21.9 Å².